The second kappa shape index (κ2) is 8.51. The molecule has 2 nitrogen and oxygen atoms in total. The predicted molar refractivity (Wildman–Crippen MR) is 63.7 cm³/mol. The second-order valence-corrected chi connectivity index (χ2v) is 4.14. The molecule has 0 aromatic rings. The monoisotopic (exact) mass is 212 g/mol. The highest BCUT2D eigenvalue weighted by Crippen LogP contribution is 2.15. The summed E-state index contributed by atoms with van der Waals surface area (Å²) < 4.78 is 5.19. The highest BCUT2D eigenvalue weighted by atomic mass is 16.5. The molecule has 0 bridgehead atoms. The van der Waals surface area contributed by atoms with Crippen LogP contribution in [0.25, 0.3) is 0 Å². The fourth-order valence-corrected chi connectivity index (χ4v) is 1.71. The van der Waals surface area contributed by atoms with Crippen LogP contribution in [-0.4, -0.2) is 12.1 Å². The highest BCUT2D eigenvalue weighted by Gasteiger charge is 2.10. The van der Waals surface area contributed by atoms with Gasteiger partial charge in [0.2, 0.25) is 0 Å². The molecule has 2 unspecified atom stereocenters. The van der Waals surface area contributed by atoms with Crippen LogP contribution in [0.3, 0.4) is 0 Å². The largest absolute Gasteiger partial charge is 0.458 e. The minimum Gasteiger partial charge on any atom is -0.458 e. The molecule has 0 saturated carbocycles. The summed E-state index contributed by atoms with van der Waals surface area (Å²) in [6.07, 6.45) is 8.40. The van der Waals surface area contributed by atoms with Crippen LogP contribution in [0.2, 0.25) is 0 Å². The first-order valence-electron chi connectivity index (χ1n) is 5.90. The summed E-state index contributed by atoms with van der Waals surface area (Å²) in [6.45, 7) is 7.87. The summed E-state index contributed by atoms with van der Waals surface area (Å²) >= 11 is 0. The average molecular weight is 212 g/mol. The van der Waals surface area contributed by atoms with E-state index in [9.17, 15) is 4.79 Å². The van der Waals surface area contributed by atoms with Crippen molar-refractivity contribution >= 4 is 5.97 Å². The van der Waals surface area contributed by atoms with E-state index < -0.39 is 0 Å². The van der Waals surface area contributed by atoms with Crippen molar-refractivity contribution in [1.29, 1.82) is 0 Å². The molecule has 0 N–H and O–H groups in total. The fraction of sp³-hybridized carbons (Fsp3) is 0.769. The quantitative estimate of drug-likeness (QED) is 0.475. The number of allylic oxidation sites excluding steroid dienone is 1. The normalized spacial score (nSPS) is 15.2. The molecule has 15 heavy (non-hydrogen) atoms. The van der Waals surface area contributed by atoms with Crippen molar-refractivity contribution in [2.45, 2.75) is 59.5 Å². The molecule has 0 rings (SSSR count). The van der Waals surface area contributed by atoms with Gasteiger partial charge in [-0.05, 0) is 31.8 Å². The van der Waals surface area contributed by atoms with Crippen LogP contribution >= 0.6 is 0 Å². The van der Waals surface area contributed by atoms with Crippen LogP contribution < -0.4 is 0 Å². The first-order valence-corrected chi connectivity index (χ1v) is 5.90. The molecule has 0 saturated heterocycles. The number of hydrogen-bond donors (Lipinski definition) is 0. The Morgan fingerprint density at radius 3 is 2.47 bits per heavy atom. The minimum atomic E-state index is -0.193. The zero-order chi connectivity index (χ0) is 11.7. The van der Waals surface area contributed by atoms with Gasteiger partial charge in [0.25, 0.3) is 0 Å². The lowest BCUT2D eigenvalue weighted by molar-refractivity contribution is -0.144. The summed E-state index contributed by atoms with van der Waals surface area (Å²) in [7, 11) is 0. The van der Waals surface area contributed by atoms with E-state index in [2.05, 4.69) is 13.8 Å². The third-order valence-corrected chi connectivity index (χ3v) is 2.45. The summed E-state index contributed by atoms with van der Waals surface area (Å²) in [6, 6.07) is 0. The number of hydrogen-bond acceptors (Lipinski definition) is 2. The molecule has 0 aromatic carbocycles. The van der Waals surface area contributed by atoms with Gasteiger partial charge in [-0.1, -0.05) is 32.8 Å². The standard InChI is InChI=1S/C13H24O2/c1-5-7-11(3)9-10-13(8-6-2)15-12(4)14/h6,8,11,13H,5,7,9-10H2,1-4H3. The maximum absolute atomic E-state index is 10.8. The predicted octanol–water partition coefficient (Wildman–Crippen LogP) is 3.71. The molecule has 2 atom stereocenters. The molecule has 0 radical (unpaired) electrons. The van der Waals surface area contributed by atoms with Gasteiger partial charge < -0.3 is 4.74 Å². The Labute approximate surface area is 93.7 Å². The Bertz CT molecular complexity index is 197. The van der Waals surface area contributed by atoms with Crippen molar-refractivity contribution in [1.82, 2.24) is 0 Å². The molecule has 0 fully saturated rings. The first kappa shape index (κ1) is 14.2. The summed E-state index contributed by atoms with van der Waals surface area (Å²) in [4.78, 5) is 10.8. The van der Waals surface area contributed by atoms with E-state index in [1.165, 1.54) is 19.8 Å². The molecule has 0 amide bonds. The molecule has 2 heteroatoms. The number of esters is 1. The van der Waals surface area contributed by atoms with Crippen LogP contribution in [0.15, 0.2) is 12.2 Å². The van der Waals surface area contributed by atoms with Crippen LogP contribution in [0.1, 0.15) is 53.4 Å². The lowest BCUT2D eigenvalue weighted by Gasteiger charge is -2.15. The Kier molecular flexibility index (Phi) is 8.06. The Morgan fingerprint density at radius 1 is 1.33 bits per heavy atom. The number of carbonyl (C=O) groups excluding carboxylic acids is 1. The van der Waals surface area contributed by atoms with Crippen LogP contribution in [0.5, 0.6) is 0 Å². The zero-order valence-corrected chi connectivity index (χ0v) is 10.5. The minimum absolute atomic E-state index is 0.0354. The molecular formula is C13H24O2. The fourth-order valence-electron chi connectivity index (χ4n) is 1.71. The number of rotatable bonds is 7. The molecular weight excluding hydrogens is 188 g/mol. The van der Waals surface area contributed by atoms with Gasteiger partial charge in [0.1, 0.15) is 6.10 Å². The Morgan fingerprint density at radius 2 is 2.00 bits per heavy atom. The van der Waals surface area contributed by atoms with Crippen molar-refractivity contribution in [3.05, 3.63) is 12.2 Å². The lowest BCUT2D eigenvalue weighted by atomic mass is 9.98. The van der Waals surface area contributed by atoms with E-state index in [1.54, 1.807) is 0 Å². The zero-order valence-electron chi connectivity index (χ0n) is 10.5. The molecule has 0 aromatic heterocycles. The van der Waals surface area contributed by atoms with E-state index in [-0.39, 0.29) is 12.1 Å². The molecule has 0 heterocycles. The summed E-state index contributed by atoms with van der Waals surface area (Å²) in [5, 5.41) is 0. The van der Waals surface area contributed by atoms with E-state index >= 15 is 0 Å². The van der Waals surface area contributed by atoms with Crippen LogP contribution in [0.4, 0.5) is 0 Å². The molecule has 0 aliphatic carbocycles. The van der Waals surface area contributed by atoms with Gasteiger partial charge in [-0.25, -0.2) is 0 Å². The van der Waals surface area contributed by atoms with Crippen LogP contribution in [0, 0.1) is 5.92 Å². The van der Waals surface area contributed by atoms with E-state index in [4.69, 9.17) is 4.74 Å². The van der Waals surface area contributed by atoms with Crippen molar-refractivity contribution < 1.29 is 9.53 Å². The van der Waals surface area contributed by atoms with Gasteiger partial charge in [-0.3, -0.25) is 4.79 Å². The first-order chi connectivity index (χ1) is 7.10. The van der Waals surface area contributed by atoms with E-state index in [0.717, 1.165) is 18.8 Å². The molecule has 0 spiro atoms. The summed E-state index contributed by atoms with van der Waals surface area (Å²) in [5.74, 6) is 0.527. The molecule has 0 aliphatic rings. The van der Waals surface area contributed by atoms with Gasteiger partial charge in [0.15, 0.2) is 0 Å². The maximum atomic E-state index is 10.8. The molecule has 0 aliphatic heterocycles. The van der Waals surface area contributed by atoms with Crippen LogP contribution in [-0.2, 0) is 9.53 Å². The Balaban J connectivity index is 3.89. The SMILES string of the molecule is CC=CC(CCC(C)CCC)OC(C)=O. The van der Waals surface area contributed by atoms with Crippen molar-refractivity contribution in [2.75, 3.05) is 0 Å². The van der Waals surface area contributed by atoms with Crippen molar-refractivity contribution in [2.24, 2.45) is 5.92 Å². The van der Waals surface area contributed by atoms with E-state index in [1.807, 2.05) is 19.1 Å². The molecule has 88 valence electrons. The van der Waals surface area contributed by atoms with E-state index in [0.29, 0.717) is 0 Å². The lowest BCUT2D eigenvalue weighted by Crippen LogP contribution is -2.14. The van der Waals surface area contributed by atoms with Gasteiger partial charge in [-0.15, -0.1) is 0 Å². The van der Waals surface area contributed by atoms with Gasteiger partial charge in [-0.2, -0.15) is 0 Å². The Hall–Kier alpha value is -0.790. The van der Waals surface area contributed by atoms with Crippen molar-refractivity contribution in [3.8, 4) is 0 Å². The van der Waals surface area contributed by atoms with Crippen molar-refractivity contribution in [3.63, 3.8) is 0 Å². The maximum Gasteiger partial charge on any atom is 0.303 e. The number of carbonyl (C=O) groups is 1. The summed E-state index contributed by atoms with van der Waals surface area (Å²) in [5.41, 5.74) is 0. The topological polar surface area (TPSA) is 26.3 Å². The van der Waals surface area contributed by atoms with Gasteiger partial charge in [0.05, 0.1) is 0 Å². The second-order valence-electron chi connectivity index (χ2n) is 4.14. The average Bonchev–Trinajstić information content (AvgIpc) is 2.14. The smallest absolute Gasteiger partial charge is 0.303 e. The third-order valence-electron chi connectivity index (χ3n) is 2.45. The van der Waals surface area contributed by atoms with Gasteiger partial charge in [0, 0.05) is 6.92 Å². The third kappa shape index (κ3) is 8.22. The van der Waals surface area contributed by atoms with Gasteiger partial charge >= 0.3 is 5.97 Å². The number of ether oxygens (including phenoxy) is 1. The highest BCUT2D eigenvalue weighted by molar-refractivity contribution is 5.66.